The third-order valence-electron chi connectivity index (χ3n) is 3.14. The van der Waals surface area contributed by atoms with Gasteiger partial charge in [-0.05, 0) is 13.0 Å². The Labute approximate surface area is 122 Å². The number of para-hydroxylation sites is 1. The lowest BCUT2D eigenvalue weighted by atomic mass is 10.1. The molecule has 0 unspecified atom stereocenters. The summed E-state index contributed by atoms with van der Waals surface area (Å²) < 4.78 is 5.28. The van der Waals surface area contributed by atoms with E-state index < -0.39 is 0 Å². The number of nitrogens with one attached hydrogen (secondary N) is 1. The summed E-state index contributed by atoms with van der Waals surface area (Å²) >= 11 is 1.53. The first kappa shape index (κ1) is 14.7. The van der Waals surface area contributed by atoms with Gasteiger partial charge in [0, 0.05) is 5.56 Å². The molecule has 1 fully saturated rings. The van der Waals surface area contributed by atoms with Crippen LogP contribution in [0.3, 0.4) is 0 Å². The molecule has 1 saturated heterocycles. The van der Waals surface area contributed by atoms with Crippen molar-refractivity contribution in [2.75, 3.05) is 25.3 Å². The van der Waals surface area contributed by atoms with Gasteiger partial charge in [0.25, 0.3) is 0 Å². The van der Waals surface area contributed by atoms with Gasteiger partial charge in [-0.15, -0.1) is 11.8 Å². The lowest BCUT2D eigenvalue weighted by Gasteiger charge is -2.19. The molecule has 0 aliphatic carbocycles. The van der Waals surface area contributed by atoms with Gasteiger partial charge in [-0.25, -0.2) is 0 Å². The Morgan fingerprint density at radius 3 is 2.90 bits per heavy atom. The van der Waals surface area contributed by atoms with Crippen molar-refractivity contribution in [1.82, 2.24) is 10.2 Å². The van der Waals surface area contributed by atoms with E-state index in [1.54, 1.807) is 12.0 Å². The van der Waals surface area contributed by atoms with Gasteiger partial charge in [-0.3, -0.25) is 9.59 Å². The van der Waals surface area contributed by atoms with Crippen molar-refractivity contribution in [3.05, 3.63) is 29.8 Å². The molecule has 0 radical (unpaired) electrons. The summed E-state index contributed by atoms with van der Waals surface area (Å²) in [4.78, 5) is 25.0. The molecule has 1 aliphatic rings. The average Bonchev–Trinajstić information content (AvgIpc) is 2.84. The molecule has 6 heteroatoms. The van der Waals surface area contributed by atoms with Gasteiger partial charge in [-0.1, -0.05) is 18.2 Å². The van der Waals surface area contributed by atoms with Crippen LogP contribution in [-0.2, 0) is 9.59 Å². The number of methoxy groups -OCH3 is 1. The van der Waals surface area contributed by atoms with Crippen molar-refractivity contribution in [3.8, 4) is 5.75 Å². The highest BCUT2D eigenvalue weighted by Gasteiger charge is 2.23. The monoisotopic (exact) mass is 294 g/mol. The third kappa shape index (κ3) is 3.45. The van der Waals surface area contributed by atoms with E-state index in [4.69, 9.17) is 4.74 Å². The largest absolute Gasteiger partial charge is 0.496 e. The Morgan fingerprint density at radius 2 is 2.25 bits per heavy atom. The molecule has 5 nitrogen and oxygen atoms in total. The molecule has 108 valence electrons. The van der Waals surface area contributed by atoms with Crippen LogP contribution in [-0.4, -0.2) is 42.0 Å². The second-order valence-corrected chi connectivity index (χ2v) is 5.56. The van der Waals surface area contributed by atoms with Crippen LogP contribution < -0.4 is 10.1 Å². The van der Waals surface area contributed by atoms with E-state index in [1.807, 2.05) is 31.2 Å². The number of amides is 2. The Morgan fingerprint density at radius 1 is 1.50 bits per heavy atom. The van der Waals surface area contributed by atoms with Crippen molar-refractivity contribution in [2.45, 2.75) is 13.0 Å². The highest BCUT2D eigenvalue weighted by Crippen LogP contribution is 2.24. The molecule has 0 spiro atoms. The zero-order chi connectivity index (χ0) is 14.5. The quantitative estimate of drug-likeness (QED) is 0.892. The number of hydrogen-bond donors (Lipinski definition) is 1. The molecule has 0 aromatic heterocycles. The number of thioether (sulfide) groups is 1. The highest BCUT2D eigenvalue weighted by molar-refractivity contribution is 8.00. The van der Waals surface area contributed by atoms with Crippen LogP contribution in [0.1, 0.15) is 18.5 Å². The van der Waals surface area contributed by atoms with Gasteiger partial charge in [0.15, 0.2) is 0 Å². The average molecular weight is 294 g/mol. The number of benzene rings is 1. The second-order valence-electron chi connectivity index (χ2n) is 4.60. The van der Waals surface area contributed by atoms with Crippen molar-refractivity contribution < 1.29 is 14.3 Å². The topological polar surface area (TPSA) is 58.6 Å². The maximum atomic E-state index is 12.0. The minimum absolute atomic E-state index is 0.0232. The molecule has 20 heavy (non-hydrogen) atoms. The predicted molar refractivity (Wildman–Crippen MR) is 78.6 cm³/mol. The number of carbonyl (C=O) groups excluding carboxylic acids is 2. The van der Waals surface area contributed by atoms with E-state index in [0.29, 0.717) is 11.6 Å². The minimum Gasteiger partial charge on any atom is -0.496 e. The highest BCUT2D eigenvalue weighted by atomic mass is 32.2. The maximum Gasteiger partial charge on any atom is 0.240 e. The van der Waals surface area contributed by atoms with E-state index >= 15 is 0 Å². The zero-order valence-corrected chi connectivity index (χ0v) is 12.4. The number of carbonyl (C=O) groups is 2. The molecule has 1 aliphatic heterocycles. The molecular weight excluding hydrogens is 276 g/mol. The van der Waals surface area contributed by atoms with E-state index in [2.05, 4.69) is 5.32 Å². The summed E-state index contributed by atoms with van der Waals surface area (Å²) in [5.74, 6) is 1.67. The van der Waals surface area contributed by atoms with E-state index in [9.17, 15) is 9.59 Å². The first-order chi connectivity index (χ1) is 9.61. The van der Waals surface area contributed by atoms with Gasteiger partial charge < -0.3 is 15.0 Å². The predicted octanol–water partition coefficient (Wildman–Crippen LogP) is 1.41. The normalized spacial score (nSPS) is 16.1. The fourth-order valence-electron chi connectivity index (χ4n) is 2.10. The molecule has 1 aromatic rings. The van der Waals surface area contributed by atoms with Crippen molar-refractivity contribution in [3.63, 3.8) is 0 Å². The smallest absolute Gasteiger partial charge is 0.240 e. The Bertz CT molecular complexity index is 507. The fraction of sp³-hybridized carbons (Fsp3) is 0.429. The standard InChI is InChI=1S/C14H18N2O3S/c1-10(11-5-3-4-6-12(11)19-2)15-13(17)7-16-9-20-8-14(16)18/h3-6,10H,7-9H2,1-2H3,(H,15,17)/t10-/m1/s1. The summed E-state index contributed by atoms with van der Waals surface area (Å²) in [6.45, 7) is 2.02. The molecule has 1 atom stereocenters. The minimum atomic E-state index is -0.163. The van der Waals surface area contributed by atoms with E-state index in [1.165, 1.54) is 11.8 Å². The molecule has 1 N–H and O–H groups in total. The molecule has 0 saturated carbocycles. The van der Waals surface area contributed by atoms with Crippen molar-refractivity contribution in [2.24, 2.45) is 0 Å². The summed E-state index contributed by atoms with van der Waals surface area (Å²) in [6, 6.07) is 7.40. The third-order valence-corrected chi connectivity index (χ3v) is 4.09. The summed E-state index contributed by atoms with van der Waals surface area (Å²) in [5, 5.41) is 2.90. The Hall–Kier alpha value is -1.69. The van der Waals surface area contributed by atoms with E-state index in [0.717, 1.165) is 11.3 Å². The van der Waals surface area contributed by atoms with Gasteiger partial charge in [0.05, 0.1) is 24.8 Å². The van der Waals surface area contributed by atoms with Crippen LogP contribution in [0.15, 0.2) is 24.3 Å². The summed E-state index contributed by atoms with van der Waals surface area (Å²) in [6.07, 6.45) is 0. The van der Waals surface area contributed by atoms with Crippen LogP contribution in [0.4, 0.5) is 0 Å². The second kappa shape index (κ2) is 6.65. The van der Waals surface area contributed by atoms with Crippen LogP contribution in [0.2, 0.25) is 0 Å². The molecule has 1 heterocycles. The van der Waals surface area contributed by atoms with Gasteiger partial charge in [0.1, 0.15) is 12.3 Å². The first-order valence-electron chi connectivity index (χ1n) is 6.39. The fourth-order valence-corrected chi connectivity index (χ4v) is 3.01. The number of hydrogen-bond acceptors (Lipinski definition) is 4. The van der Waals surface area contributed by atoms with Crippen LogP contribution in [0.25, 0.3) is 0 Å². The number of nitrogens with zero attached hydrogens (tertiary/aromatic N) is 1. The Kier molecular flexibility index (Phi) is 4.89. The zero-order valence-electron chi connectivity index (χ0n) is 11.6. The molecule has 2 rings (SSSR count). The summed E-state index contributed by atoms with van der Waals surface area (Å²) in [7, 11) is 1.60. The van der Waals surface area contributed by atoms with Gasteiger partial charge in [0.2, 0.25) is 11.8 Å². The molecule has 0 bridgehead atoms. The molecular formula is C14H18N2O3S. The first-order valence-corrected chi connectivity index (χ1v) is 7.55. The molecule has 1 aromatic carbocycles. The van der Waals surface area contributed by atoms with Gasteiger partial charge in [-0.2, -0.15) is 0 Å². The van der Waals surface area contributed by atoms with Crippen molar-refractivity contribution >= 4 is 23.6 Å². The van der Waals surface area contributed by atoms with Gasteiger partial charge >= 0.3 is 0 Å². The number of rotatable bonds is 5. The lowest BCUT2D eigenvalue weighted by molar-refractivity contribution is -0.132. The van der Waals surface area contributed by atoms with Crippen LogP contribution >= 0.6 is 11.8 Å². The number of ether oxygens (including phenoxy) is 1. The lowest BCUT2D eigenvalue weighted by Crippen LogP contribution is -2.39. The van der Waals surface area contributed by atoms with Crippen molar-refractivity contribution in [1.29, 1.82) is 0 Å². The van der Waals surface area contributed by atoms with E-state index in [-0.39, 0.29) is 24.4 Å². The SMILES string of the molecule is COc1ccccc1[C@@H](C)NC(=O)CN1CSCC1=O. The molecule has 2 amide bonds. The Balaban J connectivity index is 1.95. The van der Waals surface area contributed by atoms with Crippen LogP contribution in [0.5, 0.6) is 5.75 Å². The van der Waals surface area contributed by atoms with Crippen LogP contribution in [0, 0.1) is 0 Å². The summed E-state index contributed by atoms with van der Waals surface area (Å²) in [5.41, 5.74) is 0.922. The maximum absolute atomic E-state index is 12.0.